The van der Waals surface area contributed by atoms with Gasteiger partial charge in [-0.1, -0.05) is 12.1 Å². The minimum absolute atomic E-state index is 0.178. The molecule has 0 bridgehead atoms. The maximum absolute atomic E-state index is 11.6. The Morgan fingerprint density at radius 3 is 2.23 bits per heavy atom. The molecule has 8 nitrogen and oxygen atoms in total. The summed E-state index contributed by atoms with van der Waals surface area (Å²) in [5.41, 5.74) is 0.378. The van der Waals surface area contributed by atoms with Gasteiger partial charge in [-0.15, -0.1) is 0 Å². The van der Waals surface area contributed by atoms with Crippen molar-refractivity contribution in [2.24, 2.45) is 0 Å². The topological polar surface area (TPSA) is 111 Å². The van der Waals surface area contributed by atoms with Gasteiger partial charge in [0, 0.05) is 0 Å². The Labute approximate surface area is 125 Å². The SMILES string of the molecule is COC(=O)COc1ccc(C=C2C(=O)NC(=O)NC2=O)cc1. The number of urea groups is 1. The molecule has 0 radical (unpaired) electrons. The third-order valence-electron chi connectivity index (χ3n) is 2.72. The Morgan fingerprint density at radius 1 is 1.09 bits per heavy atom. The normalized spacial score (nSPS) is 14.0. The van der Waals surface area contributed by atoms with Gasteiger partial charge in [0.15, 0.2) is 6.61 Å². The molecule has 0 aliphatic carbocycles. The molecule has 4 amide bonds. The molecule has 1 aliphatic rings. The zero-order valence-corrected chi connectivity index (χ0v) is 11.5. The smallest absolute Gasteiger partial charge is 0.343 e. The predicted molar refractivity (Wildman–Crippen MR) is 73.6 cm³/mol. The summed E-state index contributed by atoms with van der Waals surface area (Å²) in [5, 5.41) is 3.95. The highest BCUT2D eigenvalue weighted by Gasteiger charge is 2.27. The second kappa shape index (κ2) is 6.53. The first-order valence-corrected chi connectivity index (χ1v) is 6.17. The van der Waals surface area contributed by atoms with Gasteiger partial charge >= 0.3 is 12.0 Å². The van der Waals surface area contributed by atoms with Gasteiger partial charge in [0.25, 0.3) is 11.8 Å². The third kappa shape index (κ3) is 3.69. The Balaban J connectivity index is 2.09. The number of hydrogen-bond acceptors (Lipinski definition) is 6. The number of barbiturate groups is 1. The summed E-state index contributed by atoms with van der Waals surface area (Å²) in [6, 6.07) is 5.48. The van der Waals surface area contributed by atoms with Crippen LogP contribution in [0.5, 0.6) is 5.75 Å². The fraction of sp³-hybridized carbons (Fsp3) is 0.143. The molecule has 0 aromatic heterocycles. The van der Waals surface area contributed by atoms with Gasteiger partial charge in [-0.2, -0.15) is 0 Å². The van der Waals surface area contributed by atoms with Crippen molar-refractivity contribution in [3.63, 3.8) is 0 Å². The molecule has 1 fully saturated rings. The van der Waals surface area contributed by atoms with E-state index in [-0.39, 0.29) is 12.2 Å². The first-order valence-electron chi connectivity index (χ1n) is 6.17. The molecule has 8 heteroatoms. The van der Waals surface area contributed by atoms with Crippen molar-refractivity contribution in [2.45, 2.75) is 0 Å². The van der Waals surface area contributed by atoms with Crippen LogP contribution in [-0.4, -0.2) is 37.5 Å². The fourth-order valence-corrected chi connectivity index (χ4v) is 1.63. The van der Waals surface area contributed by atoms with E-state index >= 15 is 0 Å². The van der Waals surface area contributed by atoms with Crippen LogP contribution >= 0.6 is 0 Å². The molecule has 114 valence electrons. The Kier molecular flexibility index (Phi) is 4.52. The summed E-state index contributed by atoms with van der Waals surface area (Å²) in [5.74, 6) is -1.61. The third-order valence-corrected chi connectivity index (χ3v) is 2.72. The minimum Gasteiger partial charge on any atom is -0.482 e. The number of rotatable bonds is 4. The van der Waals surface area contributed by atoms with Crippen LogP contribution in [0.3, 0.4) is 0 Å². The van der Waals surface area contributed by atoms with Crippen molar-refractivity contribution >= 4 is 29.9 Å². The van der Waals surface area contributed by atoms with Crippen molar-refractivity contribution < 1.29 is 28.7 Å². The lowest BCUT2D eigenvalue weighted by Crippen LogP contribution is -2.51. The molecule has 1 aromatic rings. The molecule has 1 heterocycles. The second-order valence-corrected chi connectivity index (χ2v) is 4.23. The van der Waals surface area contributed by atoms with Gasteiger partial charge in [0.2, 0.25) is 0 Å². The molecule has 1 aliphatic heterocycles. The predicted octanol–water partition coefficient (Wildman–Crippen LogP) is -0.0122. The highest BCUT2D eigenvalue weighted by molar-refractivity contribution is 6.31. The lowest BCUT2D eigenvalue weighted by molar-refractivity contribution is -0.143. The van der Waals surface area contributed by atoms with E-state index in [2.05, 4.69) is 4.74 Å². The highest BCUT2D eigenvalue weighted by Crippen LogP contribution is 2.15. The number of hydrogen-bond donors (Lipinski definition) is 2. The van der Waals surface area contributed by atoms with Crippen molar-refractivity contribution in [1.82, 2.24) is 10.6 Å². The summed E-state index contributed by atoms with van der Waals surface area (Å²) < 4.78 is 9.60. The summed E-state index contributed by atoms with van der Waals surface area (Å²) >= 11 is 0. The fourth-order valence-electron chi connectivity index (χ4n) is 1.63. The van der Waals surface area contributed by atoms with E-state index < -0.39 is 23.8 Å². The quantitative estimate of drug-likeness (QED) is 0.460. The van der Waals surface area contributed by atoms with Crippen LogP contribution in [-0.2, 0) is 19.1 Å². The molecule has 0 unspecified atom stereocenters. The van der Waals surface area contributed by atoms with Crippen molar-refractivity contribution in [2.75, 3.05) is 13.7 Å². The molecule has 0 saturated carbocycles. The Hall–Kier alpha value is -3.16. The van der Waals surface area contributed by atoms with E-state index in [9.17, 15) is 19.2 Å². The van der Waals surface area contributed by atoms with E-state index in [4.69, 9.17) is 4.74 Å². The number of nitrogens with one attached hydrogen (secondary N) is 2. The molecule has 22 heavy (non-hydrogen) atoms. The second-order valence-electron chi connectivity index (χ2n) is 4.23. The van der Waals surface area contributed by atoms with Crippen molar-refractivity contribution in [1.29, 1.82) is 0 Å². The Morgan fingerprint density at radius 2 is 1.68 bits per heavy atom. The zero-order valence-electron chi connectivity index (χ0n) is 11.5. The summed E-state index contributed by atoms with van der Waals surface area (Å²) in [6.07, 6.45) is 1.33. The number of imide groups is 2. The molecule has 0 spiro atoms. The van der Waals surface area contributed by atoms with E-state index in [1.165, 1.54) is 13.2 Å². The largest absolute Gasteiger partial charge is 0.482 e. The first-order chi connectivity index (χ1) is 10.5. The molecule has 2 rings (SSSR count). The van der Waals surface area contributed by atoms with Gasteiger partial charge in [-0.05, 0) is 23.8 Å². The number of amides is 4. The van der Waals surface area contributed by atoms with E-state index in [1.807, 2.05) is 10.6 Å². The standard InChI is InChI=1S/C14H12N2O6/c1-21-11(17)7-22-9-4-2-8(3-5-9)6-10-12(18)15-14(20)16-13(10)19/h2-6H,7H2,1H3,(H2,15,16,18,19,20). The average molecular weight is 304 g/mol. The number of methoxy groups -OCH3 is 1. The maximum atomic E-state index is 11.6. The number of esters is 1. The van der Waals surface area contributed by atoms with Crippen LogP contribution < -0.4 is 15.4 Å². The van der Waals surface area contributed by atoms with E-state index in [1.54, 1.807) is 24.3 Å². The number of carbonyl (C=O) groups excluding carboxylic acids is 4. The van der Waals surface area contributed by atoms with Gasteiger partial charge < -0.3 is 9.47 Å². The number of ether oxygens (including phenoxy) is 2. The maximum Gasteiger partial charge on any atom is 0.343 e. The number of carbonyl (C=O) groups is 4. The van der Waals surface area contributed by atoms with Gasteiger partial charge in [-0.25, -0.2) is 9.59 Å². The van der Waals surface area contributed by atoms with Crippen LogP contribution in [0, 0.1) is 0 Å². The summed E-state index contributed by atoms with van der Waals surface area (Å²) in [4.78, 5) is 45.0. The molecule has 1 aromatic carbocycles. The minimum atomic E-state index is -0.848. The van der Waals surface area contributed by atoms with E-state index in [0.29, 0.717) is 11.3 Å². The molecular formula is C14H12N2O6. The first kappa shape index (κ1) is 15.2. The monoisotopic (exact) mass is 304 g/mol. The molecular weight excluding hydrogens is 292 g/mol. The molecule has 1 saturated heterocycles. The lowest BCUT2D eigenvalue weighted by atomic mass is 10.1. The lowest BCUT2D eigenvalue weighted by Gasteiger charge is -2.13. The van der Waals surface area contributed by atoms with Crippen LogP contribution in [0.25, 0.3) is 6.08 Å². The Bertz CT molecular complexity index is 640. The van der Waals surface area contributed by atoms with E-state index in [0.717, 1.165) is 0 Å². The van der Waals surface area contributed by atoms with Crippen molar-refractivity contribution in [3.05, 3.63) is 35.4 Å². The highest BCUT2D eigenvalue weighted by atomic mass is 16.6. The summed E-state index contributed by atoms with van der Waals surface area (Å²) in [6.45, 7) is -0.218. The van der Waals surface area contributed by atoms with Gasteiger partial charge in [0.05, 0.1) is 7.11 Å². The van der Waals surface area contributed by atoms with Crippen LogP contribution in [0.2, 0.25) is 0 Å². The van der Waals surface area contributed by atoms with Crippen LogP contribution in [0.1, 0.15) is 5.56 Å². The average Bonchev–Trinajstić information content (AvgIpc) is 2.49. The van der Waals surface area contributed by atoms with Crippen LogP contribution in [0.15, 0.2) is 29.8 Å². The van der Waals surface area contributed by atoms with Gasteiger partial charge in [-0.3, -0.25) is 20.2 Å². The summed E-state index contributed by atoms with van der Waals surface area (Å²) in [7, 11) is 1.26. The number of benzene rings is 1. The van der Waals surface area contributed by atoms with Crippen molar-refractivity contribution in [3.8, 4) is 5.75 Å². The molecule has 2 N–H and O–H groups in total. The van der Waals surface area contributed by atoms with Crippen LogP contribution in [0.4, 0.5) is 4.79 Å². The molecule has 0 atom stereocenters. The zero-order chi connectivity index (χ0) is 16.1. The van der Waals surface area contributed by atoms with Gasteiger partial charge in [0.1, 0.15) is 11.3 Å².